The van der Waals surface area contributed by atoms with Crippen LogP contribution in [0, 0.1) is 5.92 Å². The molecule has 0 aliphatic carbocycles. The van der Waals surface area contributed by atoms with E-state index in [4.69, 9.17) is 0 Å². The Labute approximate surface area is 135 Å². The summed E-state index contributed by atoms with van der Waals surface area (Å²) in [7, 11) is 0. The molecule has 1 aromatic carbocycles. The second-order valence-electron chi connectivity index (χ2n) is 6.48. The first kappa shape index (κ1) is 20.7. The number of halogens is 7. The number of alkyl halides is 7. The standard InChI is InChI=1S/C16H19F7O/c1-10(2)8-11-6-4-5-7-12(11)13(3,24)9-14(17,18)15(19,20)16(21,22)23/h4-7,10,24H,8-9H2,1-3H3. The molecule has 0 spiro atoms. The summed E-state index contributed by atoms with van der Waals surface area (Å²) in [4.78, 5) is 0. The van der Waals surface area contributed by atoms with Gasteiger partial charge < -0.3 is 5.11 Å². The third-order valence-corrected chi connectivity index (χ3v) is 3.61. The van der Waals surface area contributed by atoms with Gasteiger partial charge >= 0.3 is 18.0 Å². The van der Waals surface area contributed by atoms with Crippen LogP contribution in [0.15, 0.2) is 24.3 Å². The first-order valence-electron chi connectivity index (χ1n) is 7.25. The van der Waals surface area contributed by atoms with Crippen LogP contribution in [0.1, 0.15) is 38.3 Å². The molecule has 1 atom stereocenters. The van der Waals surface area contributed by atoms with Crippen LogP contribution in [0.3, 0.4) is 0 Å². The van der Waals surface area contributed by atoms with Crippen LogP contribution in [0.5, 0.6) is 0 Å². The molecule has 0 heterocycles. The van der Waals surface area contributed by atoms with Gasteiger partial charge in [0.15, 0.2) is 0 Å². The van der Waals surface area contributed by atoms with Gasteiger partial charge in [-0.1, -0.05) is 38.1 Å². The smallest absolute Gasteiger partial charge is 0.385 e. The van der Waals surface area contributed by atoms with E-state index >= 15 is 0 Å². The lowest BCUT2D eigenvalue weighted by Crippen LogP contribution is -2.54. The van der Waals surface area contributed by atoms with E-state index < -0.39 is 30.0 Å². The molecule has 0 amide bonds. The molecule has 0 fully saturated rings. The van der Waals surface area contributed by atoms with Crippen molar-refractivity contribution in [1.29, 1.82) is 0 Å². The van der Waals surface area contributed by atoms with Gasteiger partial charge in [-0.2, -0.15) is 30.7 Å². The van der Waals surface area contributed by atoms with Crippen LogP contribution < -0.4 is 0 Å². The van der Waals surface area contributed by atoms with E-state index in [0.29, 0.717) is 12.0 Å². The molecule has 0 aliphatic heterocycles. The van der Waals surface area contributed by atoms with Crippen molar-refractivity contribution >= 4 is 0 Å². The van der Waals surface area contributed by atoms with Gasteiger partial charge in [0.05, 0.1) is 12.0 Å². The summed E-state index contributed by atoms with van der Waals surface area (Å²) in [6.45, 7) is 4.45. The molecular weight excluding hydrogens is 341 g/mol. The predicted molar refractivity (Wildman–Crippen MR) is 75.1 cm³/mol. The van der Waals surface area contributed by atoms with Gasteiger partial charge in [0.1, 0.15) is 0 Å². The van der Waals surface area contributed by atoms with Gasteiger partial charge in [-0.3, -0.25) is 0 Å². The molecular formula is C16H19F7O. The zero-order chi connectivity index (χ0) is 19.0. The fourth-order valence-electron chi connectivity index (χ4n) is 2.51. The Morgan fingerprint density at radius 3 is 1.92 bits per heavy atom. The lowest BCUT2D eigenvalue weighted by molar-refractivity contribution is -0.361. The topological polar surface area (TPSA) is 20.2 Å². The number of hydrogen-bond acceptors (Lipinski definition) is 1. The summed E-state index contributed by atoms with van der Waals surface area (Å²) in [5.41, 5.74) is -2.22. The largest absolute Gasteiger partial charge is 0.459 e. The van der Waals surface area contributed by atoms with Crippen molar-refractivity contribution in [1.82, 2.24) is 0 Å². The van der Waals surface area contributed by atoms with Crippen LogP contribution in [0.2, 0.25) is 0 Å². The summed E-state index contributed by atoms with van der Waals surface area (Å²) >= 11 is 0. The second-order valence-corrected chi connectivity index (χ2v) is 6.48. The Bertz CT molecular complexity index is 562. The highest BCUT2D eigenvalue weighted by Crippen LogP contribution is 2.51. The Morgan fingerprint density at radius 2 is 1.46 bits per heavy atom. The van der Waals surface area contributed by atoms with E-state index in [1.54, 1.807) is 6.07 Å². The van der Waals surface area contributed by atoms with E-state index in [-0.39, 0.29) is 11.5 Å². The highest BCUT2D eigenvalue weighted by Gasteiger charge is 2.73. The summed E-state index contributed by atoms with van der Waals surface area (Å²) in [5, 5.41) is 10.3. The Kier molecular flexibility index (Phi) is 5.65. The maximum absolute atomic E-state index is 13.6. The van der Waals surface area contributed by atoms with Crippen LogP contribution in [0.25, 0.3) is 0 Å². The molecule has 0 aliphatic rings. The highest BCUT2D eigenvalue weighted by atomic mass is 19.4. The van der Waals surface area contributed by atoms with Crippen molar-refractivity contribution in [2.45, 2.75) is 57.2 Å². The highest BCUT2D eigenvalue weighted by molar-refractivity contribution is 5.32. The summed E-state index contributed by atoms with van der Waals surface area (Å²) in [6, 6.07) is 5.73. The van der Waals surface area contributed by atoms with Crippen molar-refractivity contribution in [2.75, 3.05) is 0 Å². The second kappa shape index (κ2) is 6.54. The van der Waals surface area contributed by atoms with Crippen molar-refractivity contribution in [3.8, 4) is 0 Å². The van der Waals surface area contributed by atoms with Crippen LogP contribution in [0.4, 0.5) is 30.7 Å². The lowest BCUT2D eigenvalue weighted by Gasteiger charge is -2.35. The number of rotatable bonds is 6. The Morgan fingerprint density at radius 1 is 0.958 bits per heavy atom. The minimum Gasteiger partial charge on any atom is -0.385 e. The SMILES string of the molecule is CC(C)Cc1ccccc1C(C)(O)CC(F)(F)C(F)(F)C(F)(F)F. The summed E-state index contributed by atoms with van der Waals surface area (Å²) < 4.78 is 90.2. The van der Waals surface area contributed by atoms with Gasteiger partial charge in [0.2, 0.25) is 0 Å². The first-order valence-corrected chi connectivity index (χ1v) is 7.25. The molecule has 1 unspecified atom stereocenters. The minimum atomic E-state index is -6.41. The molecule has 1 nitrogen and oxygen atoms in total. The number of benzene rings is 1. The maximum Gasteiger partial charge on any atom is 0.459 e. The van der Waals surface area contributed by atoms with E-state index in [9.17, 15) is 35.8 Å². The molecule has 138 valence electrons. The van der Waals surface area contributed by atoms with Gasteiger partial charge in [0.25, 0.3) is 0 Å². The van der Waals surface area contributed by atoms with Gasteiger partial charge in [0, 0.05) is 0 Å². The lowest BCUT2D eigenvalue weighted by atomic mass is 9.83. The molecule has 1 N–H and O–H groups in total. The van der Waals surface area contributed by atoms with Crippen LogP contribution >= 0.6 is 0 Å². The molecule has 0 aromatic heterocycles. The van der Waals surface area contributed by atoms with Crippen molar-refractivity contribution < 1.29 is 35.8 Å². The number of hydrogen-bond donors (Lipinski definition) is 1. The van der Waals surface area contributed by atoms with Crippen molar-refractivity contribution in [3.05, 3.63) is 35.4 Å². The molecule has 1 rings (SSSR count). The summed E-state index contributed by atoms with van der Waals surface area (Å²) in [5.74, 6) is -11.6. The Hall–Kier alpha value is -1.31. The third-order valence-electron chi connectivity index (χ3n) is 3.61. The van der Waals surface area contributed by atoms with Crippen molar-refractivity contribution in [2.24, 2.45) is 5.92 Å². The van der Waals surface area contributed by atoms with Gasteiger partial charge in [-0.25, -0.2) is 0 Å². The van der Waals surface area contributed by atoms with Crippen molar-refractivity contribution in [3.63, 3.8) is 0 Å². The molecule has 0 radical (unpaired) electrons. The van der Waals surface area contributed by atoms with E-state index in [1.807, 2.05) is 13.8 Å². The minimum absolute atomic E-state index is 0.0686. The molecule has 8 heteroatoms. The molecule has 0 saturated heterocycles. The third kappa shape index (κ3) is 4.20. The first-order chi connectivity index (χ1) is 10.6. The van der Waals surface area contributed by atoms with E-state index in [2.05, 4.69) is 0 Å². The quantitative estimate of drug-likeness (QED) is 0.681. The maximum atomic E-state index is 13.6. The zero-order valence-corrected chi connectivity index (χ0v) is 13.4. The molecule has 1 aromatic rings. The van der Waals surface area contributed by atoms with E-state index in [0.717, 1.165) is 6.92 Å². The fraction of sp³-hybridized carbons (Fsp3) is 0.625. The summed E-state index contributed by atoms with van der Waals surface area (Å²) in [6.07, 6.45) is -8.11. The molecule has 24 heavy (non-hydrogen) atoms. The predicted octanol–water partition coefficient (Wildman–Crippen LogP) is 5.32. The van der Waals surface area contributed by atoms with Gasteiger partial charge in [-0.05, 0) is 30.4 Å². The monoisotopic (exact) mass is 360 g/mol. The molecule has 0 saturated carbocycles. The normalized spacial score (nSPS) is 16.3. The average molecular weight is 360 g/mol. The van der Waals surface area contributed by atoms with E-state index in [1.165, 1.54) is 18.2 Å². The average Bonchev–Trinajstić information content (AvgIpc) is 2.35. The van der Waals surface area contributed by atoms with Crippen LogP contribution in [-0.4, -0.2) is 23.1 Å². The fourth-order valence-corrected chi connectivity index (χ4v) is 2.51. The number of aliphatic hydroxyl groups is 1. The van der Waals surface area contributed by atoms with Gasteiger partial charge in [-0.15, -0.1) is 0 Å². The Balaban J connectivity index is 3.23. The van der Waals surface area contributed by atoms with Crippen LogP contribution in [-0.2, 0) is 12.0 Å². The molecule has 0 bridgehead atoms. The zero-order valence-electron chi connectivity index (χ0n) is 13.4.